The molecule has 0 bridgehead atoms. The van der Waals surface area contributed by atoms with Gasteiger partial charge in [0.05, 0.1) is 17.8 Å². The Morgan fingerprint density at radius 3 is 2.73 bits per heavy atom. The van der Waals surface area contributed by atoms with Crippen molar-refractivity contribution in [1.82, 2.24) is 9.78 Å². The first kappa shape index (κ1) is 15.9. The van der Waals surface area contributed by atoms with Gasteiger partial charge in [0.25, 0.3) is 5.91 Å². The molecular weight excluding hydrogens is 332 g/mol. The van der Waals surface area contributed by atoms with Crippen LogP contribution in [0.4, 0.5) is 11.4 Å². The fourth-order valence-corrected chi connectivity index (χ4v) is 2.73. The van der Waals surface area contributed by atoms with Crippen LogP contribution < -0.4 is 15.4 Å². The molecule has 3 aromatic rings. The number of aromatic nitrogens is 2. The number of rotatable bonds is 4. The predicted molar refractivity (Wildman–Crippen MR) is 96.3 cm³/mol. The van der Waals surface area contributed by atoms with Gasteiger partial charge in [0.1, 0.15) is 5.75 Å². The van der Waals surface area contributed by atoms with Gasteiger partial charge in [-0.1, -0.05) is 12.1 Å². The molecule has 2 aromatic carbocycles. The number of benzene rings is 2. The number of fused-ring (bicyclic) bond motifs is 1. The first-order valence-electron chi connectivity index (χ1n) is 8.15. The summed E-state index contributed by atoms with van der Waals surface area (Å²) in [4.78, 5) is 24.4. The molecule has 1 atom stereocenters. The summed E-state index contributed by atoms with van der Waals surface area (Å²) in [7, 11) is 0. The van der Waals surface area contributed by atoms with Crippen molar-refractivity contribution in [1.29, 1.82) is 0 Å². The molecule has 2 N–H and O–H groups in total. The van der Waals surface area contributed by atoms with Gasteiger partial charge in [0, 0.05) is 18.1 Å². The summed E-state index contributed by atoms with van der Waals surface area (Å²) in [5.41, 5.74) is 2.14. The highest BCUT2D eigenvalue weighted by atomic mass is 16.5. The van der Waals surface area contributed by atoms with Crippen LogP contribution in [-0.4, -0.2) is 27.7 Å². The average Bonchev–Trinajstić information content (AvgIpc) is 3.17. The van der Waals surface area contributed by atoms with E-state index >= 15 is 0 Å². The van der Waals surface area contributed by atoms with E-state index in [1.165, 1.54) is 0 Å². The van der Waals surface area contributed by atoms with Gasteiger partial charge in [0.15, 0.2) is 6.10 Å². The molecule has 0 aliphatic carbocycles. The van der Waals surface area contributed by atoms with Crippen molar-refractivity contribution in [2.45, 2.75) is 12.5 Å². The largest absolute Gasteiger partial charge is 0.478 e. The van der Waals surface area contributed by atoms with Gasteiger partial charge in [-0.15, -0.1) is 0 Å². The number of hydrogen-bond acceptors (Lipinski definition) is 4. The molecule has 1 aromatic heterocycles. The number of carbonyl (C=O) groups is 2. The van der Waals surface area contributed by atoms with E-state index in [1.54, 1.807) is 35.1 Å². The summed E-state index contributed by atoms with van der Waals surface area (Å²) in [5, 5.41) is 9.68. The molecule has 7 nitrogen and oxygen atoms in total. The Bertz CT molecular complexity index is 936. The van der Waals surface area contributed by atoms with Gasteiger partial charge in [0.2, 0.25) is 5.91 Å². The minimum absolute atomic E-state index is 0.0684. The van der Waals surface area contributed by atoms with Crippen LogP contribution in [0.3, 0.4) is 0 Å². The Balaban J connectivity index is 1.39. The minimum Gasteiger partial charge on any atom is -0.478 e. The van der Waals surface area contributed by atoms with Gasteiger partial charge < -0.3 is 15.4 Å². The van der Waals surface area contributed by atoms with Crippen LogP contribution >= 0.6 is 0 Å². The molecular formula is C19H16N4O3. The van der Waals surface area contributed by atoms with Gasteiger partial charge in [-0.2, -0.15) is 5.10 Å². The van der Waals surface area contributed by atoms with Crippen LogP contribution in [0.25, 0.3) is 5.69 Å². The van der Waals surface area contributed by atoms with E-state index in [0.29, 0.717) is 17.1 Å². The molecule has 7 heteroatoms. The molecule has 2 heterocycles. The molecule has 1 aliphatic rings. The highest BCUT2D eigenvalue weighted by molar-refractivity contribution is 6.01. The van der Waals surface area contributed by atoms with Crippen molar-refractivity contribution in [3.8, 4) is 11.4 Å². The molecule has 2 amide bonds. The van der Waals surface area contributed by atoms with E-state index < -0.39 is 6.10 Å². The Kier molecular flexibility index (Phi) is 4.10. The first-order chi connectivity index (χ1) is 12.7. The summed E-state index contributed by atoms with van der Waals surface area (Å²) in [6, 6.07) is 16.2. The summed E-state index contributed by atoms with van der Waals surface area (Å²) in [6.07, 6.45) is 2.61. The third-order valence-corrected chi connectivity index (χ3v) is 4.00. The van der Waals surface area contributed by atoms with Crippen molar-refractivity contribution < 1.29 is 14.3 Å². The fourth-order valence-electron chi connectivity index (χ4n) is 2.73. The van der Waals surface area contributed by atoms with E-state index in [2.05, 4.69) is 15.7 Å². The van der Waals surface area contributed by atoms with E-state index in [4.69, 9.17) is 4.74 Å². The van der Waals surface area contributed by atoms with Gasteiger partial charge >= 0.3 is 0 Å². The maximum atomic E-state index is 12.3. The predicted octanol–water partition coefficient (Wildman–Crippen LogP) is 2.60. The zero-order valence-electron chi connectivity index (χ0n) is 13.8. The number of nitrogens with zero attached hydrogens (tertiary/aromatic N) is 2. The van der Waals surface area contributed by atoms with Crippen LogP contribution in [0.5, 0.6) is 5.75 Å². The monoisotopic (exact) mass is 348 g/mol. The molecule has 0 spiro atoms. The van der Waals surface area contributed by atoms with Crippen molar-refractivity contribution in [3.63, 3.8) is 0 Å². The van der Waals surface area contributed by atoms with Gasteiger partial charge in [-0.05, 0) is 42.5 Å². The second-order valence-corrected chi connectivity index (χ2v) is 5.84. The minimum atomic E-state index is -0.853. The number of nitrogens with one attached hydrogen (secondary N) is 2. The smallest absolute Gasteiger partial charge is 0.266 e. The van der Waals surface area contributed by atoms with Crippen LogP contribution in [0.1, 0.15) is 6.42 Å². The summed E-state index contributed by atoms with van der Waals surface area (Å²) in [6.45, 7) is 0. The number of hydrogen-bond donors (Lipinski definition) is 2. The molecule has 0 radical (unpaired) electrons. The van der Waals surface area contributed by atoms with Crippen molar-refractivity contribution in [2.75, 3.05) is 10.6 Å². The highest BCUT2D eigenvalue weighted by Crippen LogP contribution is 2.29. The van der Waals surface area contributed by atoms with Gasteiger partial charge in [-0.25, -0.2) is 4.68 Å². The summed E-state index contributed by atoms with van der Waals surface area (Å²) < 4.78 is 7.36. The zero-order valence-corrected chi connectivity index (χ0v) is 13.8. The van der Waals surface area contributed by atoms with E-state index in [9.17, 15) is 9.59 Å². The summed E-state index contributed by atoms with van der Waals surface area (Å²) >= 11 is 0. The zero-order chi connectivity index (χ0) is 17.9. The third kappa shape index (κ3) is 3.27. The molecule has 0 saturated carbocycles. The number of anilines is 2. The van der Waals surface area contributed by atoms with Crippen LogP contribution in [-0.2, 0) is 9.59 Å². The topological polar surface area (TPSA) is 85.2 Å². The lowest BCUT2D eigenvalue weighted by molar-refractivity contribution is -0.128. The number of para-hydroxylation sites is 2. The second kappa shape index (κ2) is 6.72. The number of carbonyl (C=O) groups excluding carboxylic acids is 2. The first-order valence-corrected chi connectivity index (χ1v) is 8.15. The van der Waals surface area contributed by atoms with Crippen molar-refractivity contribution in [2.24, 2.45) is 0 Å². The van der Waals surface area contributed by atoms with E-state index in [1.807, 2.05) is 36.5 Å². The molecule has 26 heavy (non-hydrogen) atoms. The molecule has 0 saturated heterocycles. The van der Waals surface area contributed by atoms with E-state index in [-0.39, 0.29) is 18.2 Å². The Morgan fingerprint density at radius 1 is 1.15 bits per heavy atom. The maximum absolute atomic E-state index is 12.3. The lowest BCUT2D eigenvalue weighted by Gasteiger charge is -2.25. The quantitative estimate of drug-likeness (QED) is 0.759. The molecule has 1 aliphatic heterocycles. The standard InChI is InChI=1S/C19H16N4O3/c24-18(12-17-19(25)22-15-4-1-2-5-16(15)26-17)21-13-6-8-14(9-7-13)23-11-3-10-20-23/h1-11,17H,12H2,(H,21,24)(H,22,25). The Morgan fingerprint density at radius 2 is 1.96 bits per heavy atom. The second-order valence-electron chi connectivity index (χ2n) is 5.84. The van der Waals surface area contributed by atoms with Crippen LogP contribution in [0, 0.1) is 0 Å². The normalized spacial score (nSPS) is 15.5. The highest BCUT2D eigenvalue weighted by Gasteiger charge is 2.29. The van der Waals surface area contributed by atoms with Crippen molar-refractivity contribution in [3.05, 3.63) is 67.0 Å². The van der Waals surface area contributed by atoms with Crippen LogP contribution in [0.2, 0.25) is 0 Å². The molecule has 4 rings (SSSR count). The SMILES string of the molecule is O=C(CC1Oc2ccccc2NC1=O)Nc1ccc(-n2cccn2)cc1. The Hall–Kier alpha value is -3.61. The number of amides is 2. The van der Waals surface area contributed by atoms with Crippen LogP contribution in [0.15, 0.2) is 67.0 Å². The van der Waals surface area contributed by atoms with E-state index in [0.717, 1.165) is 5.69 Å². The average molecular weight is 348 g/mol. The lowest BCUT2D eigenvalue weighted by Crippen LogP contribution is -2.39. The van der Waals surface area contributed by atoms with Crippen molar-refractivity contribution >= 4 is 23.2 Å². The molecule has 130 valence electrons. The molecule has 1 unspecified atom stereocenters. The molecule has 0 fully saturated rings. The fraction of sp³-hybridized carbons (Fsp3) is 0.105. The van der Waals surface area contributed by atoms with Gasteiger partial charge in [-0.3, -0.25) is 9.59 Å². The maximum Gasteiger partial charge on any atom is 0.266 e. The third-order valence-electron chi connectivity index (χ3n) is 4.00. The summed E-state index contributed by atoms with van der Waals surface area (Å²) in [5.74, 6) is -0.0577. The Labute approximate surface area is 149 Å². The number of ether oxygens (including phenoxy) is 1. The lowest BCUT2D eigenvalue weighted by atomic mass is 10.1.